The van der Waals surface area contributed by atoms with Gasteiger partial charge in [-0.3, -0.25) is 0 Å². The largest absolute Gasteiger partial charge is 0.501 e. The summed E-state index contributed by atoms with van der Waals surface area (Å²) in [6, 6.07) is 45.1. The third-order valence-electron chi connectivity index (χ3n) is 9.21. The van der Waals surface area contributed by atoms with Crippen LogP contribution in [0, 0.1) is 12.1 Å². The van der Waals surface area contributed by atoms with E-state index in [-0.39, 0.29) is 31.4 Å². The molecule has 9 aromatic rings. The van der Waals surface area contributed by atoms with Crippen LogP contribution in [-0.2, 0) is 25.5 Å². The van der Waals surface area contributed by atoms with Crippen molar-refractivity contribution in [3.8, 4) is 33.6 Å². The monoisotopic (exact) mass is 910 g/mol. The molecule has 53 heavy (non-hydrogen) atoms. The van der Waals surface area contributed by atoms with Gasteiger partial charge in [-0.2, -0.15) is 11.3 Å². The van der Waals surface area contributed by atoms with E-state index in [0.29, 0.717) is 16.7 Å². The molecular formula is C47H40IrN2OSSi-2. The predicted molar refractivity (Wildman–Crippen MR) is 224 cm³/mol. The van der Waals surface area contributed by atoms with Crippen molar-refractivity contribution in [2.24, 2.45) is 0 Å². The summed E-state index contributed by atoms with van der Waals surface area (Å²) in [4.78, 5) is 9.06. The van der Waals surface area contributed by atoms with E-state index >= 15 is 0 Å². The maximum absolute atomic E-state index is 8.02. The Hall–Kier alpha value is -4.71. The van der Waals surface area contributed by atoms with Crippen LogP contribution in [0.3, 0.4) is 0 Å². The number of rotatable bonds is 4. The minimum atomic E-state index is -3.37. The van der Waals surface area contributed by atoms with Crippen LogP contribution in [0.1, 0.15) is 38.5 Å². The van der Waals surface area contributed by atoms with Crippen molar-refractivity contribution in [2.45, 2.75) is 45.6 Å². The number of thiophene rings is 1. The van der Waals surface area contributed by atoms with Gasteiger partial charge in [0, 0.05) is 54.9 Å². The van der Waals surface area contributed by atoms with Gasteiger partial charge in [-0.15, -0.1) is 42.0 Å². The van der Waals surface area contributed by atoms with Crippen LogP contribution in [-0.4, -0.2) is 18.0 Å². The number of hydrogen-bond acceptors (Lipinski definition) is 4. The first-order chi connectivity index (χ1) is 28.8. The SMILES string of the molecule is C[Si](C)(C)c1ccc(-c2[c-]ccc3c2sc2ccccc23)nc1.[2H]C([2H])([2H])C(c1ccnc(-c2[c-]ccc3c2oc2cc(-c4ccccc4)ccc23)c1)(C([2H])([2H])[2H])C([2H])([2H])[2H].[Ir]. The van der Waals surface area contributed by atoms with E-state index in [2.05, 4.69) is 85.4 Å². The first kappa shape index (κ1) is 27.0. The average molecular weight is 910 g/mol. The molecule has 1 radical (unpaired) electrons. The van der Waals surface area contributed by atoms with Crippen molar-refractivity contribution in [3.63, 3.8) is 0 Å². The zero-order chi connectivity index (χ0) is 43.5. The van der Waals surface area contributed by atoms with Crippen molar-refractivity contribution in [1.82, 2.24) is 9.97 Å². The molecule has 265 valence electrons. The molecule has 0 atom stereocenters. The Balaban J connectivity index is 0.000000205. The fourth-order valence-corrected chi connectivity index (χ4v) is 8.65. The quantitative estimate of drug-likeness (QED) is 0.130. The van der Waals surface area contributed by atoms with Crippen LogP contribution >= 0.6 is 11.3 Å². The number of nitrogens with zero attached hydrogens (tertiary/aromatic N) is 2. The molecule has 0 aliphatic heterocycles. The summed E-state index contributed by atoms with van der Waals surface area (Å²) < 4.78 is 81.0. The zero-order valence-corrected chi connectivity index (χ0v) is 33.5. The topological polar surface area (TPSA) is 38.9 Å². The molecule has 0 saturated heterocycles. The van der Waals surface area contributed by atoms with E-state index in [1.807, 2.05) is 72.0 Å². The number of furan rings is 1. The van der Waals surface area contributed by atoms with Gasteiger partial charge in [-0.1, -0.05) is 135 Å². The molecule has 9 rings (SSSR count). The molecule has 5 aromatic carbocycles. The number of pyridine rings is 2. The van der Waals surface area contributed by atoms with Crippen molar-refractivity contribution in [2.75, 3.05) is 0 Å². The number of hydrogen-bond donors (Lipinski definition) is 0. The second-order valence-corrected chi connectivity index (χ2v) is 20.0. The number of fused-ring (bicyclic) bond motifs is 6. The summed E-state index contributed by atoms with van der Waals surface area (Å²) >= 11 is 1.83. The Morgan fingerprint density at radius 2 is 1.43 bits per heavy atom. The average Bonchev–Trinajstić information content (AvgIpc) is 3.78. The molecule has 0 aliphatic carbocycles. The molecule has 0 fully saturated rings. The summed E-state index contributed by atoms with van der Waals surface area (Å²) in [6.45, 7) is -3.06. The Morgan fingerprint density at radius 1 is 0.679 bits per heavy atom. The van der Waals surface area contributed by atoms with Crippen LogP contribution in [0.15, 0.2) is 138 Å². The Morgan fingerprint density at radius 3 is 2.19 bits per heavy atom. The molecule has 0 unspecified atom stereocenters. The summed E-state index contributed by atoms with van der Waals surface area (Å²) in [7, 11) is -1.31. The second kappa shape index (κ2) is 14.6. The molecule has 6 heteroatoms. The number of aromatic nitrogens is 2. The van der Waals surface area contributed by atoms with Gasteiger partial charge < -0.3 is 14.4 Å². The maximum atomic E-state index is 8.02. The van der Waals surface area contributed by atoms with Gasteiger partial charge in [0.05, 0.1) is 13.7 Å². The fourth-order valence-electron chi connectivity index (χ4n) is 6.41. The van der Waals surface area contributed by atoms with Crippen molar-refractivity contribution >= 4 is 66.7 Å². The van der Waals surface area contributed by atoms with Crippen LogP contribution in [0.25, 0.3) is 75.8 Å². The second-order valence-electron chi connectivity index (χ2n) is 13.8. The van der Waals surface area contributed by atoms with Crippen LogP contribution in [0.2, 0.25) is 19.6 Å². The first-order valence-electron chi connectivity index (χ1n) is 21.5. The molecule has 4 heterocycles. The zero-order valence-electron chi connectivity index (χ0n) is 38.2. The van der Waals surface area contributed by atoms with Crippen molar-refractivity contribution < 1.29 is 36.9 Å². The van der Waals surface area contributed by atoms with Gasteiger partial charge in [-0.25, -0.2) is 0 Å². The van der Waals surface area contributed by atoms with E-state index in [0.717, 1.165) is 39.2 Å². The molecule has 0 aliphatic rings. The molecule has 0 amide bonds. The van der Waals surface area contributed by atoms with Crippen molar-refractivity contribution in [3.05, 3.63) is 151 Å². The summed E-state index contributed by atoms with van der Waals surface area (Å²) in [5.74, 6) is 0. The normalized spacial score (nSPS) is 15.0. The number of benzene rings is 5. The molecule has 0 spiro atoms. The molecule has 3 nitrogen and oxygen atoms in total. The molecule has 0 saturated carbocycles. The minimum absolute atomic E-state index is 0. The first-order valence-corrected chi connectivity index (χ1v) is 21.3. The Bertz CT molecular complexity index is 3010. The molecule has 4 aromatic heterocycles. The smallest absolute Gasteiger partial charge is 0.121 e. The summed E-state index contributed by atoms with van der Waals surface area (Å²) in [5.41, 5.74) is 2.14. The van der Waals surface area contributed by atoms with Gasteiger partial charge in [0.2, 0.25) is 0 Å². The molecular weight excluding hydrogens is 861 g/mol. The van der Waals surface area contributed by atoms with Crippen molar-refractivity contribution in [1.29, 1.82) is 0 Å². The van der Waals surface area contributed by atoms with Crippen LogP contribution in [0.5, 0.6) is 0 Å². The Kier molecular flexibility index (Phi) is 7.43. The standard InChI is InChI=1S/C27H22NO.C20H18NSSi.Ir/c1-27(2,3)20-14-15-28-24(17-20)23-11-7-10-22-21-13-12-19(16-25(21)29-26(22)23)18-8-5-4-6-9-18;1-23(2,3)14-11-12-18(21-13-14)17-9-6-8-16-15-7-4-5-10-19(15)22-20(16)17;/h4-10,12-17H,1-3H3;4-8,10-13H,1-3H3;/q2*-1;/i1D3,2D3,3D3;;. The van der Waals surface area contributed by atoms with E-state index in [4.69, 9.17) is 21.7 Å². The van der Waals surface area contributed by atoms with E-state index < -0.39 is 34.0 Å². The van der Waals surface area contributed by atoms with Gasteiger partial charge in [0.25, 0.3) is 0 Å². The fraction of sp³-hybridized carbons (Fsp3) is 0.149. The minimum Gasteiger partial charge on any atom is -0.501 e. The summed E-state index contributed by atoms with van der Waals surface area (Å²) in [6.07, 6.45) is 3.27. The van der Waals surface area contributed by atoms with E-state index in [1.54, 1.807) is 6.07 Å². The van der Waals surface area contributed by atoms with Gasteiger partial charge in [0.1, 0.15) is 5.58 Å². The third-order valence-corrected chi connectivity index (χ3v) is 12.4. The summed E-state index contributed by atoms with van der Waals surface area (Å²) in [5, 5.41) is 5.61. The predicted octanol–water partition coefficient (Wildman–Crippen LogP) is 12.9. The van der Waals surface area contributed by atoms with Gasteiger partial charge in [-0.05, 0) is 67.0 Å². The van der Waals surface area contributed by atoms with Crippen LogP contribution in [0.4, 0.5) is 0 Å². The van der Waals surface area contributed by atoms with Gasteiger partial charge >= 0.3 is 0 Å². The van der Waals surface area contributed by atoms with E-state index in [9.17, 15) is 0 Å². The maximum Gasteiger partial charge on any atom is 0.121 e. The van der Waals surface area contributed by atoms with Gasteiger partial charge in [0.15, 0.2) is 0 Å². The molecule has 0 N–H and O–H groups in total. The third kappa shape index (κ3) is 7.30. The Labute approximate surface area is 342 Å². The molecule has 0 bridgehead atoms. The van der Waals surface area contributed by atoms with E-state index in [1.165, 1.54) is 37.6 Å². The van der Waals surface area contributed by atoms with Crippen LogP contribution < -0.4 is 5.19 Å².